The predicted octanol–water partition coefficient (Wildman–Crippen LogP) is 3.57. The summed E-state index contributed by atoms with van der Waals surface area (Å²) in [5, 5.41) is 0. The third kappa shape index (κ3) is 2.52. The molecule has 0 saturated heterocycles. The normalized spacial score (nSPS) is 10.7. The fourth-order valence-electron chi connectivity index (χ4n) is 2.51. The lowest BCUT2D eigenvalue weighted by Crippen LogP contribution is -1.98. The Balaban J connectivity index is 2.03. The molecule has 0 aliphatic carbocycles. The van der Waals surface area contributed by atoms with Gasteiger partial charge in [-0.3, -0.25) is 14.8 Å². The van der Waals surface area contributed by atoms with Crippen LogP contribution in [0.3, 0.4) is 0 Å². The minimum Gasteiger partial charge on any atom is -0.298 e. The molecular weight excluding hydrogens is 300 g/mol. The number of hydrogen-bond acceptors (Lipinski definition) is 5. The predicted molar refractivity (Wildman–Crippen MR) is 91.4 cm³/mol. The van der Waals surface area contributed by atoms with Gasteiger partial charge in [-0.15, -0.1) is 0 Å². The Morgan fingerprint density at radius 1 is 0.708 bits per heavy atom. The highest BCUT2D eigenvalue weighted by Crippen LogP contribution is 2.28. The second kappa shape index (κ2) is 5.96. The number of nitrogens with zero attached hydrogens (tertiary/aromatic N) is 4. The first-order chi connectivity index (χ1) is 11.8. The van der Waals surface area contributed by atoms with Crippen LogP contribution in [0.4, 0.5) is 0 Å². The van der Waals surface area contributed by atoms with E-state index in [2.05, 4.69) is 9.97 Å². The summed E-state index contributed by atoms with van der Waals surface area (Å²) in [6, 6.07) is 16.5. The highest BCUT2D eigenvalue weighted by Gasteiger charge is 2.15. The van der Waals surface area contributed by atoms with E-state index in [-0.39, 0.29) is 0 Å². The molecule has 24 heavy (non-hydrogen) atoms. The Morgan fingerprint density at radius 2 is 1.33 bits per heavy atom. The fraction of sp³-hybridized carbons (Fsp3) is 0. The Labute approximate surface area is 138 Å². The van der Waals surface area contributed by atoms with Gasteiger partial charge in [0.2, 0.25) is 0 Å². The van der Waals surface area contributed by atoms with Crippen LogP contribution >= 0.6 is 0 Å². The number of aldehydes is 1. The van der Waals surface area contributed by atoms with E-state index in [4.69, 9.17) is 9.97 Å². The molecule has 0 aliphatic rings. The van der Waals surface area contributed by atoms with E-state index < -0.39 is 0 Å². The molecule has 114 valence electrons. The number of aromatic nitrogens is 4. The zero-order chi connectivity index (χ0) is 16.4. The van der Waals surface area contributed by atoms with E-state index >= 15 is 0 Å². The zero-order valence-electron chi connectivity index (χ0n) is 12.6. The topological polar surface area (TPSA) is 68.6 Å². The Kier molecular flexibility index (Phi) is 3.51. The number of hydrogen-bond donors (Lipinski definition) is 0. The number of benzene rings is 1. The van der Waals surface area contributed by atoms with Crippen molar-refractivity contribution in [2.75, 3.05) is 0 Å². The summed E-state index contributed by atoms with van der Waals surface area (Å²) >= 11 is 0. The van der Waals surface area contributed by atoms with E-state index in [9.17, 15) is 4.79 Å². The number of rotatable bonds is 3. The SMILES string of the molecule is O=Cc1ccc2nc(-c3ccccn3)c(-c3ccccn3)nc2c1. The van der Waals surface area contributed by atoms with Crippen LogP contribution in [-0.4, -0.2) is 26.2 Å². The molecule has 4 aromatic rings. The molecule has 5 heteroatoms. The molecule has 4 rings (SSSR count). The van der Waals surface area contributed by atoms with E-state index in [0.29, 0.717) is 33.7 Å². The molecule has 0 atom stereocenters. The van der Waals surface area contributed by atoms with Gasteiger partial charge in [0.05, 0.1) is 22.4 Å². The van der Waals surface area contributed by atoms with E-state index in [1.165, 1.54) is 0 Å². The van der Waals surface area contributed by atoms with Gasteiger partial charge in [0, 0.05) is 18.0 Å². The molecule has 0 amide bonds. The third-order valence-corrected chi connectivity index (χ3v) is 3.64. The van der Waals surface area contributed by atoms with Gasteiger partial charge in [-0.25, -0.2) is 9.97 Å². The minimum atomic E-state index is 0.564. The van der Waals surface area contributed by atoms with E-state index in [1.54, 1.807) is 30.6 Å². The summed E-state index contributed by atoms with van der Waals surface area (Å²) < 4.78 is 0. The van der Waals surface area contributed by atoms with Gasteiger partial charge in [-0.05, 0) is 42.5 Å². The summed E-state index contributed by atoms with van der Waals surface area (Å²) in [5.74, 6) is 0. The van der Waals surface area contributed by atoms with Crippen LogP contribution in [-0.2, 0) is 0 Å². The van der Waals surface area contributed by atoms with Crippen LogP contribution in [0.15, 0.2) is 67.0 Å². The number of pyridine rings is 2. The maximum absolute atomic E-state index is 11.0. The summed E-state index contributed by atoms with van der Waals surface area (Å²) in [6.45, 7) is 0. The summed E-state index contributed by atoms with van der Waals surface area (Å²) in [5.41, 5.74) is 4.68. The molecule has 0 spiro atoms. The maximum Gasteiger partial charge on any atom is 0.150 e. The molecule has 0 fully saturated rings. The van der Waals surface area contributed by atoms with Crippen molar-refractivity contribution in [3.8, 4) is 22.8 Å². The maximum atomic E-state index is 11.0. The molecule has 0 saturated carbocycles. The zero-order valence-corrected chi connectivity index (χ0v) is 12.6. The quantitative estimate of drug-likeness (QED) is 0.541. The lowest BCUT2D eigenvalue weighted by atomic mass is 10.1. The second-order valence-electron chi connectivity index (χ2n) is 5.22. The lowest BCUT2D eigenvalue weighted by Gasteiger charge is -2.09. The van der Waals surface area contributed by atoms with Crippen molar-refractivity contribution >= 4 is 17.3 Å². The van der Waals surface area contributed by atoms with Crippen LogP contribution in [0, 0.1) is 0 Å². The number of fused-ring (bicyclic) bond motifs is 1. The molecular formula is C19H12N4O. The summed E-state index contributed by atoms with van der Waals surface area (Å²) in [4.78, 5) is 29.2. The van der Waals surface area contributed by atoms with Gasteiger partial charge >= 0.3 is 0 Å². The van der Waals surface area contributed by atoms with Gasteiger partial charge in [-0.1, -0.05) is 12.1 Å². The Hall–Kier alpha value is -3.47. The van der Waals surface area contributed by atoms with Gasteiger partial charge in [0.25, 0.3) is 0 Å². The molecule has 0 unspecified atom stereocenters. The highest BCUT2D eigenvalue weighted by atomic mass is 16.1. The van der Waals surface area contributed by atoms with Crippen molar-refractivity contribution in [3.63, 3.8) is 0 Å². The Bertz CT molecular complexity index is 1020. The van der Waals surface area contributed by atoms with Gasteiger partial charge in [0.15, 0.2) is 0 Å². The molecule has 0 aliphatic heterocycles. The van der Waals surface area contributed by atoms with Crippen molar-refractivity contribution < 1.29 is 4.79 Å². The van der Waals surface area contributed by atoms with Crippen molar-refractivity contribution in [2.45, 2.75) is 0 Å². The van der Waals surface area contributed by atoms with Gasteiger partial charge in [0.1, 0.15) is 17.7 Å². The lowest BCUT2D eigenvalue weighted by molar-refractivity contribution is 0.112. The summed E-state index contributed by atoms with van der Waals surface area (Å²) in [7, 11) is 0. The highest BCUT2D eigenvalue weighted by molar-refractivity contribution is 5.88. The van der Waals surface area contributed by atoms with E-state index in [1.807, 2.05) is 36.4 Å². The first-order valence-corrected chi connectivity index (χ1v) is 7.45. The van der Waals surface area contributed by atoms with Crippen molar-refractivity contribution in [3.05, 3.63) is 72.6 Å². The molecule has 3 aromatic heterocycles. The molecule has 5 nitrogen and oxygen atoms in total. The van der Waals surface area contributed by atoms with Crippen LogP contribution in [0.2, 0.25) is 0 Å². The smallest absolute Gasteiger partial charge is 0.150 e. The monoisotopic (exact) mass is 312 g/mol. The van der Waals surface area contributed by atoms with Crippen LogP contribution < -0.4 is 0 Å². The third-order valence-electron chi connectivity index (χ3n) is 3.64. The molecule has 0 radical (unpaired) electrons. The van der Waals surface area contributed by atoms with Gasteiger partial charge in [-0.2, -0.15) is 0 Å². The van der Waals surface area contributed by atoms with Crippen molar-refractivity contribution in [1.82, 2.24) is 19.9 Å². The first-order valence-electron chi connectivity index (χ1n) is 7.45. The van der Waals surface area contributed by atoms with Crippen LogP contribution in [0.1, 0.15) is 10.4 Å². The van der Waals surface area contributed by atoms with Crippen LogP contribution in [0.5, 0.6) is 0 Å². The minimum absolute atomic E-state index is 0.564. The first kappa shape index (κ1) is 14.1. The number of carbonyl (C=O) groups excluding carboxylic acids is 1. The Morgan fingerprint density at radius 3 is 1.88 bits per heavy atom. The summed E-state index contributed by atoms with van der Waals surface area (Å²) in [6.07, 6.45) is 4.23. The van der Waals surface area contributed by atoms with Crippen molar-refractivity contribution in [2.24, 2.45) is 0 Å². The molecule has 1 aromatic carbocycles. The molecule has 3 heterocycles. The van der Waals surface area contributed by atoms with Gasteiger partial charge < -0.3 is 0 Å². The fourth-order valence-corrected chi connectivity index (χ4v) is 2.51. The largest absolute Gasteiger partial charge is 0.298 e. The average molecular weight is 312 g/mol. The van der Waals surface area contributed by atoms with Crippen molar-refractivity contribution in [1.29, 1.82) is 0 Å². The standard InChI is InChI=1S/C19H12N4O/c24-12-13-7-8-14-17(11-13)23-19(16-6-2-4-10-21-16)18(22-14)15-5-1-3-9-20-15/h1-12H. The van der Waals surface area contributed by atoms with Crippen LogP contribution in [0.25, 0.3) is 33.8 Å². The number of carbonyl (C=O) groups is 1. The second-order valence-corrected chi connectivity index (χ2v) is 5.22. The molecule has 0 bridgehead atoms. The molecule has 0 N–H and O–H groups in total. The van der Waals surface area contributed by atoms with E-state index in [0.717, 1.165) is 12.0 Å². The average Bonchev–Trinajstić information content (AvgIpc) is 2.68.